The third-order valence-corrected chi connectivity index (χ3v) is 1.84. The molecule has 16 heavy (non-hydrogen) atoms. The van der Waals surface area contributed by atoms with Gasteiger partial charge in [-0.3, -0.25) is 0 Å². The van der Waals surface area contributed by atoms with Crippen LogP contribution < -0.4 is 0 Å². The van der Waals surface area contributed by atoms with E-state index in [0.29, 0.717) is 5.76 Å². The van der Waals surface area contributed by atoms with Crippen LogP contribution in [0.1, 0.15) is 12.5 Å². The van der Waals surface area contributed by atoms with Crippen molar-refractivity contribution in [2.75, 3.05) is 0 Å². The van der Waals surface area contributed by atoms with Crippen molar-refractivity contribution in [3.05, 3.63) is 78.1 Å². The summed E-state index contributed by atoms with van der Waals surface area (Å²) in [5.41, 5.74) is 1.03. The smallest absolute Gasteiger partial charge is 0.0897 e. The third kappa shape index (κ3) is 5.66. The highest BCUT2D eigenvalue weighted by Crippen LogP contribution is 2.02. The molecule has 0 unspecified atom stereocenters. The van der Waals surface area contributed by atoms with E-state index in [1.54, 1.807) is 13.0 Å². The van der Waals surface area contributed by atoms with Crippen molar-refractivity contribution in [2.24, 2.45) is 0 Å². The number of benzene rings is 2. The zero-order valence-electron chi connectivity index (χ0n) is 9.38. The lowest BCUT2D eigenvalue weighted by Gasteiger charge is -1.90. The molecular weight excluding hydrogens is 196 g/mol. The van der Waals surface area contributed by atoms with Gasteiger partial charge in [0, 0.05) is 0 Å². The van der Waals surface area contributed by atoms with Crippen LogP contribution in [-0.2, 0) is 0 Å². The fraction of sp³-hybridized carbons (Fsp3) is 0.0667. The Bertz CT molecular complexity index is 373. The van der Waals surface area contributed by atoms with Gasteiger partial charge in [0.15, 0.2) is 0 Å². The molecule has 1 heteroatoms. The highest BCUT2D eigenvalue weighted by Gasteiger charge is 1.83. The molecule has 0 aliphatic carbocycles. The van der Waals surface area contributed by atoms with E-state index in [0.717, 1.165) is 5.56 Å². The van der Waals surface area contributed by atoms with Crippen LogP contribution in [-0.4, -0.2) is 5.11 Å². The molecule has 2 aromatic carbocycles. The summed E-state index contributed by atoms with van der Waals surface area (Å²) in [6.07, 6.45) is 1.72. The number of hydrogen-bond acceptors (Lipinski definition) is 1. The molecule has 0 fully saturated rings. The molecule has 0 saturated heterocycles. The quantitative estimate of drug-likeness (QED) is 0.699. The first kappa shape index (κ1) is 12.1. The zero-order chi connectivity index (χ0) is 11.6. The van der Waals surface area contributed by atoms with Gasteiger partial charge in [0.05, 0.1) is 5.76 Å². The minimum Gasteiger partial charge on any atom is -0.513 e. The van der Waals surface area contributed by atoms with E-state index in [9.17, 15) is 0 Å². The van der Waals surface area contributed by atoms with Gasteiger partial charge < -0.3 is 5.11 Å². The second-order valence-electron chi connectivity index (χ2n) is 3.35. The van der Waals surface area contributed by atoms with Crippen molar-refractivity contribution in [3.63, 3.8) is 0 Å². The fourth-order valence-electron chi connectivity index (χ4n) is 1.18. The highest BCUT2D eigenvalue weighted by atomic mass is 16.3. The maximum absolute atomic E-state index is 8.87. The Morgan fingerprint density at radius 2 is 1.19 bits per heavy atom. The van der Waals surface area contributed by atoms with E-state index in [-0.39, 0.29) is 0 Å². The Balaban J connectivity index is 0.000000181. The van der Waals surface area contributed by atoms with Gasteiger partial charge in [-0.2, -0.15) is 0 Å². The number of aliphatic hydroxyl groups excluding tert-OH is 1. The molecule has 2 aromatic rings. The van der Waals surface area contributed by atoms with E-state index in [1.165, 1.54) is 0 Å². The Hall–Kier alpha value is -2.02. The van der Waals surface area contributed by atoms with Crippen LogP contribution in [0.4, 0.5) is 0 Å². The van der Waals surface area contributed by atoms with Crippen LogP contribution in [0.15, 0.2) is 72.5 Å². The minimum atomic E-state index is 0.339. The van der Waals surface area contributed by atoms with Crippen LogP contribution in [0.3, 0.4) is 0 Å². The molecule has 0 radical (unpaired) electrons. The lowest BCUT2D eigenvalue weighted by molar-refractivity contribution is 0.420. The van der Waals surface area contributed by atoms with E-state index in [4.69, 9.17) is 5.11 Å². The van der Waals surface area contributed by atoms with Crippen molar-refractivity contribution >= 4 is 6.08 Å². The zero-order valence-corrected chi connectivity index (χ0v) is 9.38. The Labute approximate surface area is 96.7 Å². The molecule has 82 valence electrons. The van der Waals surface area contributed by atoms with Crippen LogP contribution >= 0.6 is 0 Å². The van der Waals surface area contributed by atoms with E-state index >= 15 is 0 Å². The lowest BCUT2D eigenvalue weighted by atomic mass is 10.2. The van der Waals surface area contributed by atoms with Gasteiger partial charge in [-0.05, 0) is 18.6 Å². The first-order chi connectivity index (χ1) is 7.79. The first-order valence-electron chi connectivity index (χ1n) is 5.21. The number of hydrogen-bond donors (Lipinski definition) is 1. The molecule has 1 nitrogen and oxygen atoms in total. The third-order valence-electron chi connectivity index (χ3n) is 1.84. The molecule has 0 atom stereocenters. The Morgan fingerprint density at radius 1 is 0.812 bits per heavy atom. The SMILES string of the molecule is CC(O)=Cc1ccccc1.c1ccccc1. The molecule has 0 aliphatic heterocycles. The molecule has 2 rings (SSSR count). The predicted molar refractivity (Wildman–Crippen MR) is 69.2 cm³/mol. The van der Waals surface area contributed by atoms with Crippen molar-refractivity contribution < 1.29 is 5.11 Å². The molecule has 1 N–H and O–H groups in total. The molecular formula is C15H16O. The topological polar surface area (TPSA) is 20.2 Å². The monoisotopic (exact) mass is 212 g/mol. The van der Waals surface area contributed by atoms with Crippen molar-refractivity contribution in [2.45, 2.75) is 6.92 Å². The van der Waals surface area contributed by atoms with E-state index in [2.05, 4.69) is 0 Å². The van der Waals surface area contributed by atoms with Crippen LogP contribution in [0.25, 0.3) is 6.08 Å². The van der Waals surface area contributed by atoms with Crippen LogP contribution in [0, 0.1) is 0 Å². The summed E-state index contributed by atoms with van der Waals surface area (Å²) in [5, 5.41) is 8.87. The average Bonchev–Trinajstić information content (AvgIpc) is 2.32. The molecule has 0 amide bonds. The summed E-state index contributed by atoms with van der Waals surface area (Å²) in [7, 11) is 0. The minimum absolute atomic E-state index is 0.339. The highest BCUT2D eigenvalue weighted by molar-refractivity contribution is 5.49. The van der Waals surface area contributed by atoms with Crippen LogP contribution in [0.2, 0.25) is 0 Å². The largest absolute Gasteiger partial charge is 0.513 e. The van der Waals surface area contributed by atoms with Crippen LogP contribution in [0.5, 0.6) is 0 Å². The van der Waals surface area contributed by atoms with E-state index < -0.39 is 0 Å². The second kappa shape index (κ2) is 7.30. The van der Waals surface area contributed by atoms with E-state index in [1.807, 2.05) is 66.7 Å². The fourth-order valence-corrected chi connectivity index (χ4v) is 1.18. The molecule has 0 bridgehead atoms. The molecule has 0 spiro atoms. The first-order valence-corrected chi connectivity index (χ1v) is 5.21. The summed E-state index contributed by atoms with van der Waals surface area (Å²) >= 11 is 0. The maximum atomic E-state index is 8.87. The van der Waals surface area contributed by atoms with Gasteiger partial charge in [0.2, 0.25) is 0 Å². The molecule has 0 saturated carbocycles. The summed E-state index contributed by atoms with van der Waals surface area (Å²) in [4.78, 5) is 0. The molecule has 0 heterocycles. The molecule has 0 aliphatic rings. The van der Waals surface area contributed by atoms with Gasteiger partial charge in [0.1, 0.15) is 0 Å². The van der Waals surface area contributed by atoms with Gasteiger partial charge in [0.25, 0.3) is 0 Å². The van der Waals surface area contributed by atoms with Gasteiger partial charge >= 0.3 is 0 Å². The second-order valence-corrected chi connectivity index (χ2v) is 3.35. The predicted octanol–water partition coefficient (Wildman–Crippen LogP) is 4.29. The number of aliphatic hydroxyl groups is 1. The maximum Gasteiger partial charge on any atom is 0.0897 e. The summed E-state index contributed by atoms with van der Waals surface area (Å²) < 4.78 is 0. The van der Waals surface area contributed by atoms with Gasteiger partial charge in [-0.15, -0.1) is 0 Å². The lowest BCUT2D eigenvalue weighted by Crippen LogP contribution is -1.72. The van der Waals surface area contributed by atoms with Crippen molar-refractivity contribution in [3.8, 4) is 0 Å². The Kier molecular flexibility index (Phi) is 5.49. The molecule has 0 aromatic heterocycles. The summed E-state index contributed by atoms with van der Waals surface area (Å²) in [6, 6.07) is 21.7. The normalized spacial score (nSPS) is 10.2. The average molecular weight is 212 g/mol. The van der Waals surface area contributed by atoms with Crippen molar-refractivity contribution in [1.29, 1.82) is 0 Å². The summed E-state index contributed by atoms with van der Waals surface area (Å²) in [5.74, 6) is 0.339. The number of rotatable bonds is 1. The number of allylic oxidation sites excluding steroid dienone is 1. The Morgan fingerprint density at radius 3 is 1.56 bits per heavy atom. The standard InChI is InChI=1S/C9H10O.C6H6/c1-8(10)7-9-5-3-2-4-6-9;1-2-4-6-5-3-1/h2-7,10H,1H3;1-6H. The van der Waals surface area contributed by atoms with Crippen molar-refractivity contribution in [1.82, 2.24) is 0 Å². The summed E-state index contributed by atoms with van der Waals surface area (Å²) in [6.45, 7) is 1.66. The van der Waals surface area contributed by atoms with Gasteiger partial charge in [-0.1, -0.05) is 66.7 Å². The van der Waals surface area contributed by atoms with Gasteiger partial charge in [-0.25, -0.2) is 0 Å².